The predicted octanol–water partition coefficient (Wildman–Crippen LogP) is 1.37. The molecule has 2 nitrogen and oxygen atoms in total. The van der Waals surface area contributed by atoms with Gasteiger partial charge in [-0.05, 0) is 12.8 Å². The van der Waals surface area contributed by atoms with Gasteiger partial charge >= 0.3 is 0 Å². The molecule has 0 N–H and O–H groups in total. The monoisotopic (exact) mass is 140 g/mol. The number of hydrogen-bond acceptors (Lipinski definition) is 2. The Morgan fingerprint density at radius 1 is 1.40 bits per heavy atom. The van der Waals surface area contributed by atoms with Crippen molar-refractivity contribution in [1.29, 1.82) is 0 Å². The van der Waals surface area contributed by atoms with Crippen molar-refractivity contribution in [3.8, 4) is 0 Å². The standard InChI is InChI=1S/C8H16N2/c1-6(2)8(3)7(9-8)10(4)5/h6H,1-5H3. The van der Waals surface area contributed by atoms with Crippen LogP contribution in [0, 0.1) is 5.92 Å². The Hall–Kier alpha value is -0.530. The molecule has 1 aliphatic heterocycles. The van der Waals surface area contributed by atoms with Crippen molar-refractivity contribution in [2.24, 2.45) is 10.9 Å². The van der Waals surface area contributed by atoms with Gasteiger partial charge in [-0.3, -0.25) is 4.99 Å². The van der Waals surface area contributed by atoms with E-state index in [1.54, 1.807) is 0 Å². The zero-order valence-electron chi connectivity index (χ0n) is 7.47. The highest BCUT2D eigenvalue weighted by molar-refractivity contribution is 6.02. The van der Waals surface area contributed by atoms with Gasteiger partial charge < -0.3 is 4.90 Å². The van der Waals surface area contributed by atoms with Gasteiger partial charge in [-0.25, -0.2) is 0 Å². The van der Waals surface area contributed by atoms with Gasteiger partial charge in [0.2, 0.25) is 0 Å². The number of aliphatic imine (C=N–C) groups is 1. The van der Waals surface area contributed by atoms with Crippen LogP contribution in [0.1, 0.15) is 20.8 Å². The third kappa shape index (κ3) is 0.917. The first kappa shape index (κ1) is 7.58. The van der Waals surface area contributed by atoms with Crippen LogP contribution in [0.3, 0.4) is 0 Å². The van der Waals surface area contributed by atoms with Crippen LogP contribution >= 0.6 is 0 Å². The molecule has 0 aromatic heterocycles. The lowest BCUT2D eigenvalue weighted by molar-refractivity contribution is 0.487. The van der Waals surface area contributed by atoms with E-state index in [4.69, 9.17) is 0 Å². The highest BCUT2D eigenvalue weighted by Crippen LogP contribution is 2.35. The van der Waals surface area contributed by atoms with Gasteiger partial charge in [0, 0.05) is 14.1 Å². The molecule has 0 aliphatic carbocycles. The highest BCUT2D eigenvalue weighted by atomic mass is 15.3. The fourth-order valence-electron chi connectivity index (χ4n) is 1.13. The molecule has 0 fully saturated rings. The molecule has 0 saturated heterocycles. The summed E-state index contributed by atoms with van der Waals surface area (Å²) < 4.78 is 0. The van der Waals surface area contributed by atoms with Gasteiger partial charge in [0.1, 0.15) is 11.4 Å². The Balaban J connectivity index is 2.54. The lowest BCUT2D eigenvalue weighted by Crippen LogP contribution is -2.30. The number of rotatable bonds is 1. The van der Waals surface area contributed by atoms with E-state index in [0.717, 1.165) is 0 Å². The van der Waals surface area contributed by atoms with Crippen LogP contribution in [0.4, 0.5) is 0 Å². The lowest BCUT2D eigenvalue weighted by Gasteiger charge is -2.16. The van der Waals surface area contributed by atoms with Gasteiger partial charge in [0.25, 0.3) is 0 Å². The van der Waals surface area contributed by atoms with Gasteiger partial charge in [0.05, 0.1) is 0 Å². The van der Waals surface area contributed by atoms with E-state index >= 15 is 0 Å². The van der Waals surface area contributed by atoms with Crippen LogP contribution in [0.5, 0.6) is 0 Å². The molecule has 1 heterocycles. The number of likely N-dealkylation sites (N-methyl/N-ethyl adjacent to an activating group) is 1. The fourth-order valence-corrected chi connectivity index (χ4v) is 1.13. The maximum Gasteiger partial charge on any atom is 0.128 e. The Morgan fingerprint density at radius 2 is 1.90 bits per heavy atom. The van der Waals surface area contributed by atoms with Crippen molar-refractivity contribution >= 4 is 5.84 Å². The Morgan fingerprint density at radius 3 is 2.00 bits per heavy atom. The van der Waals surface area contributed by atoms with E-state index in [9.17, 15) is 0 Å². The summed E-state index contributed by atoms with van der Waals surface area (Å²) in [5.41, 5.74) is 0.156. The van der Waals surface area contributed by atoms with Gasteiger partial charge in [-0.1, -0.05) is 13.8 Å². The molecular formula is C8H16N2. The zero-order chi connectivity index (χ0) is 7.94. The molecule has 0 aromatic carbocycles. The summed E-state index contributed by atoms with van der Waals surface area (Å²) in [6.07, 6.45) is 0. The van der Waals surface area contributed by atoms with Crippen molar-refractivity contribution in [2.75, 3.05) is 14.1 Å². The fraction of sp³-hybridized carbons (Fsp3) is 0.875. The quantitative estimate of drug-likeness (QED) is 0.537. The smallest absolute Gasteiger partial charge is 0.128 e. The van der Waals surface area contributed by atoms with E-state index in [1.165, 1.54) is 5.84 Å². The van der Waals surface area contributed by atoms with Crippen LogP contribution in [0.25, 0.3) is 0 Å². The van der Waals surface area contributed by atoms with Crippen molar-refractivity contribution in [3.63, 3.8) is 0 Å². The molecule has 2 heteroatoms. The second-order valence-electron chi connectivity index (χ2n) is 3.63. The molecule has 0 spiro atoms. The van der Waals surface area contributed by atoms with E-state index in [0.29, 0.717) is 5.92 Å². The van der Waals surface area contributed by atoms with Crippen LogP contribution in [0.2, 0.25) is 0 Å². The highest BCUT2D eigenvalue weighted by Gasteiger charge is 2.46. The first-order chi connectivity index (χ1) is 4.48. The van der Waals surface area contributed by atoms with Crippen molar-refractivity contribution in [2.45, 2.75) is 26.3 Å². The molecule has 1 atom stereocenters. The Kier molecular flexibility index (Phi) is 1.50. The van der Waals surface area contributed by atoms with E-state index in [-0.39, 0.29) is 5.54 Å². The molecular weight excluding hydrogens is 124 g/mol. The second-order valence-corrected chi connectivity index (χ2v) is 3.63. The molecule has 0 saturated carbocycles. The van der Waals surface area contributed by atoms with E-state index in [1.807, 2.05) is 14.1 Å². The molecule has 0 bridgehead atoms. The first-order valence-electron chi connectivity index (χ1n) is 3.76. The number of nitrogens with zero attached hydrogens (tertiary/aromatic N) is 2. The second kappa shape index (κ2) is 1.97. The molecule has 58 valence electrons. The van der Waals surface area contributed by atoms with Crippen molar-refractivity contribution in [3.05, 3.63) is 0 Å². The van der Waals surface area contributed by atoms with E-state index < -0.39 is 0 Å². The summed E-state index contributed by atoms with van der Waals surface area (Å²) >= 11 is 0. The Labute approximate surface area is 62.9 Å². The minimum absolute atomic E-state index is 0.156. The normalized spacial score (nSPS) is 30.4. The third-order valence-corrected chi connectivity index (χ3v) is 2.29. The average molecular weight is 140 g/mol. The van der Waals surface area contributed by atoms with Crippen molar-refractivity contribution < 1.29 is 0 Å². The molecule has 0 amide bonds. The summed E-state index contributed by atoms with van der Waals surface area (Å²) in [4.78, 5) is 6.53. The molecule has 1 rings (SSSR count). The van der Waals surface area contributed by atoms with Gasteiger partial charge in [0.15, 0.2) is 0 Å². The van der Waals surface area contributed by atoms with E-state index in [2.05, 4.69) is 30.7 Å². The summed E-state index contributed by atoms with van der Waals surface area (Å²) in [6.45, 7) is 6.60. The maximum absolute atomic E-state index is 4.43. The average Bonchev–Trinajstić information content (AvgIpc) is 2.43. The topological polar surface area (TPSA) is 15.6 Å². The largest absolute Gasteiger partial charge is 0.364 e. The SMILES string of the molecule is CC(C)C1(C)N=C1N(C)C. The lowest BCUT2D eigenvalue weighted by atomic mass is 9.95. The van der Waals surface area contributed by atoms with Crippen LogP contribution < -0.4 is 0 Å². The zero-order valence-corrected chi connectivity index (χ0v) is 7.47. The van der Waals surface area contributed by atoms with Crippen LogP contribution in [-0.2, 0) is 0 Å². The van der Waals surface area contributed by atoms with Crippen LogP contribution in [-0.4, -0.2) is 30.4 Å². The van der Waals surface area contributed by atoms with Gasteiger partial charge in [-0.15, -0.1) is 0 Å². The first-order valence-corrected chi connectivity index (χ1v) is 3.76. The predicted molar refractivity (Wildman–Crippen MR) is 44.4 cm³/mol. The summed E-state index contributed by atoms with van der Waals surface area (Å²) in [5, 5.41) is 0. The summed E-state index contributed by atoms with van der Waals surface area (Å²) in [5.74, 6) is 1.87. The maximum atomic E-state index is 4.43. The number of amidine groups is 1. The molecule has 0 radical (unpaired) electrons. The molecule has 0 aromatic rings. The third-order valence-electron chi connectivity index (χ3n) is 2.29. The Bertz CT molecular complexity index is 170. The summed E-state index contributed by atoms with van der Waals surface area (Å²) in [6, 6.07) is 0. The summed E-state index contributed by atoms with van der Waals surface area (Å²) in [7, 11) is 4.10. The van der Waals surface area contributed by atoms with Crippen molar-refractivity contribution in [1.82, 2.24) is 4.90 Å². The van der Waals surface area contributed by atoms with Gasteiger partial charge in [-0.2, -0.15) is 0 Å². The minimum Gasteiger partial charge on any atom is -0.364 e. The number of hydrogen-bond donors (Lipinski definition) is 0. The van der Waals surface area contributed by atoms with Crippen LogP contribution in [0.15, 0.2) is 4.99 Å². The molecule has 1 aliphatic rings. The molecule has 1 unspecified atom stereocenters. The molecule has 10 heavy (non-hydrogen) atoms. The minimum atomic E-state index is 0.156.